The summed E-state index contributed by atoms with van der Waals surface area (Å²) in [6.45, 7) is 6.83. The van der Waals surface area contributed by atoms with Crippen LogP contribution >= 0.6 is 0 Å². The molecule has 0 unspecified atom stereocenters. The molecule has 0 saturated carbocycles. The monoisotopic (exact) mass is 300 g/mol. The van der Waals surface area contributed by atoms with Crippen molar-refractivity contribution in [3.63, 3.8) is 0 Å². The first-order chi connectivity index (χ1) is 10.6. The molecule has 3 rings (SSSR count). The molecule has 1 aromatic carbocycles. The highest BCUT2D eigenvalue weighted by Crippen LogP contribution is 2.23. The van der Waals surface area contributed by atoms with Crippen LogP contribution < -0.4 is 0 Å². The predicted octanol–water partition coefficient (Wildman–Crippen LogP) is 4.23. The Kier molecular flexibility index (Phi) is 4.39. The minimum atomic E-state index is -0.186. The average Bonchev–Trinajstić information content (AvgIpc) is 2.98. The average molecular weight is 300 g/mol. The van der Waals surface area contributed by atoms with Crippen molar-refractivity contribution in [3.05, 3.63) is 59.6 Å². The summed E-state index contributed by atoms with van der Waals surface area (Å²) in [6, 6.07) is 6.74. The van der Waals surface area contributed by atoms with Crippen molar-refractivity contribution in [2.24, 2.45) is 0 Å². The number of oxazole rings is 1. The number of hydrogen-bond donors (Lipinski definition) is 0. The van der Waals surface area contributed by atoms with Crippen LogP contribution in [0.5, 0.6) is 0 Å². The SMILES string of the molecule is CC(C)c1nc(CN2CC=C(c3ccc(F)cc3)CC2)co1. The van der Waals surface area contributed by atoms with E-state index in [9.17, 15) is 4.39 Å². The molecule has 0 amide bonds. The van der Waals surface area contributed by atoms with Crippen LogP contribution in [0.15, 0.2) is 41.0 Å². The van der Waals surface area contributed by atoms with E-state index in [0.29, 0.717) is 5.92 Å². The number of rotatable bonds is 4. The van der Waals surface area contributed by atoms with Crippen LogP contribution in [-0.4, -0.2) is 23.0 Å². The molecule has 1 aromatic heterocycles. The van der Waals surface area contributed by atoms with Crippen LogP contribution in [0.1, 0.15) is 43.3 Å². The summed E-state index contributed by atoms with van der Waals surface area (Å²) in [6.07, 6.45) is 4.95. The Morgan fingerprint density at radius 3 is 2.64 bits per heavy atom. The lowest BCUT2D eigenvalue weighted by atomic mass is 9.99. The van der Waals surface area contributed by atoms with E-state index in [2.05, 4.69) is 29.8 Å². The Morgan fingerprint density at radius 1 is 1.27 bits per heavy atom. The van der Waals surface area contributed by atoms with E-state index in [1.54, 1.807) is 6.26 Å². The van der Waals surface area contributed by atoms with E-state index >= 15 is 0 Å². The zero-order valence-corrected chi connectivity index (χ0v) is 13.1. The first kappa shape index (κ1) is 15.0. The second-order valence-corrected chi connectivity index (χ2v) is 6.05. The summed E-state index contributed by atoms with van der Waals surface area (Å²) >= 11 is 0. The van der Waals surface area contributed by atoms with Gasteiger partial charge >= 0.3 is 0 Å². The highest BCUT2D eigenvalue weighted by molar-refractivity contribution is 5.66. The van der Waals surface area contributed by atoms with Gasteiger partial charge in [-0.25, -0.2) is 9.37 Å². The lowest BCUT2D eigenvalue weighted by Crippen LogP contribution is -2.28. The Hall–Kier alpha value is -1.94. The van der Waals surface area contributed by atoms with Gasteiger partial charge in [0, 0.05) is 25.6 Å². The molecule has 1 aliphatic heterocycles. The van der Waals surface area contributed by atoms with Crippen LogP contribution in [0.25, 0.3) is 5.57 Å². The molecule has 0 atom stereocenters. The van der Waals surface area contributed by atoms with Gasteiger partial charge in [0.1, 0.15) is 12.1 Å². The van der Waals surface area contributed by atoms with E-state index in [1.165, 1.54) is 17.7 Å². The molecule has 0 saturated heterocycles. The maximum atomic E-state index is 13.0. The first-order valence-corrected chi connectivity index (χ1v) is 7.73. The summed E-state index contributed by atoms with van der Waals surface area (Å²) in [5.41, 5.74) is 3.39. The van der Waals surface area contributed by atoms with Gasteiger partial charge < -0.3 is 4.42 Å². The molecular formula is C18H21FN2O. The molecule has 0 spiro atoms. The van der Waals surface area contributed by atoms with Gasteiger partial charge in [-0.2, -0.15) is 0 Å². The highest BCUT2D eigenvalue weighted by Gasteiger charge is 2.15. The van der Waals surface area contributed by atoms with E-state index in [1.807, 2.05) is 12.1 Å². The minimum Gasteiger partial charge on any atom is -0.448 e. The minimum absolute atomic E-state index is 0.186. The second kappa shape index (κ2) is 6.44. The standard InChI is InChI=1S/C18H21FN2O/c1-13(2)18-20-17(12-22-18)11-21-9-7-15(8-10-21)14-3-5-16(19)6-4-14/h3-7,12-13H,8-11H2,1-2H3. The van der Waals surface area contributed by atoms with E-state index < -0.39 is 0 Å². The highest BCUT2D eigenvalue weighted by atomic mass is 19.1. The summed E-state index contributed by atoms with van der Waals surface area (Å²) in [5.74, 6) is 0.934. The molecule has 116 valence electrons. The Balaban J connectivity index is 1.61. The molecule has 2 aromatic rings. The van der Waals surface area contributed by atoms with Gasteiger partial charge in [-0.1, -0.05) is 32.1 Å². The van der Waals surface area contributed by atoms with Gasteiger partial charge in [0.25, 0.3) is 0 Å². The van der Waals surface area contributed by atoms with Gasteiger partial charge in [0.15, 0.2) is 5.89 Å². The smallest absolute Gasteiger partial charge is 0.196 e. The van der Waals surface area contributed by atoms with Gasteiger partial charge in [0.05, 0.1) is 5.69 Å². The van der Waals surface area contributed by atoms with Gasteiger partial charge in [-0.3, -0.25) is 4.90 Å². The van der Waals surface area contributed by atoms with Crippen LogP contribution in [0.3, 0.4) is 0 Å². The van der Waals surface area contributed by atoms with Gasteiger partial charge in [-0.15, -0.1) is 0 Å². The van der Waals surface area contributed by atoms with Crippen LogP contribution in [0, 0.1) is 5.82 Å². The summed E-state index contributed by atoms with van der Waals surface area (Å²) in [4.78, 5) is 6.86. The number of benzene rings is 1. The van der Waals surface area contributed by atoms with E-state index in [0.717, 1.165) is 43.2 Å². The van der Waals surface area contributed by atoms with Crippen LogP contribution in [0.2, 0.25) is 0 Å². The molecule has 0 N–H and O–H groups in total. The molecule has 0 fully saturated rings. The number of hydrogen-bond acceptors (Lipinski definition) is 3. The lowest BCUT2D eigenvalue weighted by molar-refractivity contribution is 0.290. The Bertz CT molecular complexity index is 658. The fourth-order valence-electron chi connectivity index (χ4n) is 2.67. The number of aromatic nitrogens is 1. The van der Waals surface area contributed by atoms with Crippen molar-refractivity contribution in [3.8, 4) is 0 Å². The van der Waals surface area contributed by atoms with Crippen molar-refractivity contribution in [1.82, 2.24) is 9.88 Å². The Morgan fingerprint density at radius 2 is 2.05 bits per heavy atom. The third-order valence-corrected chi connectivity index (χ3v) is 3.96. The largest absolute Gasteiger partial charge is 0.448 e. The molecule has 2 heterocycles. The van der Waals surface area contributed by atoms with E-state index in [4.69, 9.17) is 4.42 Å². The van der Waals surface area contributed by atoms with Crippen molar-refractivity contribution < 1.29 is 8.81 Å². The number of nitrogens with zero attached hydrogens (tertiary/aromatic N) is 2. The second-order valence-electron chi connectivity index (χ2n) is 6.05. The maximum Gasteiger partial charge on any atom is 0.196 e. The molecule has 4 heteroatoms. The zero-order chi connectivity index (χ0) is 15.5. The third-order valence-electron chi connectivity index (χ3n) is 3.96. The quantitative estimate of drug-likeness (QED) is 0.846. The molecule has 0 aliphatic carbocycles. The van der Waals surface area contributed by atoms with Crippen molar-refractivity contribution >= 4 is 5.57 Å². The molecule has 1 aliphatic rings. The molecule has 0 bridgehead atoms. The molecule has 22 heavy (non-hydrogen) atoms. The maximum absolute atomic E-state index is 13.0. The third kappa shape index (κ3) is 3.45. The van der Waals surface area contributed by atoms with Crippen molar-refractivity contribution in [2.45, 2.75) is 32.7 Å². The number of halogens is 1. The lowest BCUT2D eigenvalue weighted by Gasteiger charge is -2.25. The topological polar surface area (TPSA) is 29.3 Å². The normalized spacial score (nSPS) is 16.1. The van der Waals surface area contributed by atoms with Crippen LogP contribution in [-0.2, 0) is 6.54 Å². The summed E-state index contributed by atoms with van der Waals surface area (Å²) < 4.78 is 18.5. The fraction of sp³-hybridized carbons (Fsp3) is 0.389. The van der Waals surface area contributed by atoms with Gasteiger partial charge in [-0.05, 0) is 29.7 Å². The molecule has 0 radical (unpaired) electrons. The molecule has 3 nitrogen and oxygen atoms in total. The van der Waals surface area contributed by atoms with Crippen molar-refractivity contribution in [1.29, 1.82) is 0 Å². The van der Waals surface area contributed by atoms with Crippen molar-refractivity contribution in [2.75, 3.05) is 13.1 Å². The summed E-state index contributed by atoms with van der Waals surface area (Å²) in [7, 11) is 0. The first-order valence-electron chi connectivity index (χ1n) is 7.73. The zero-order valence-electron chi connectivity index (χ0n) is 13.1. The Labute approximate surface area is 130 Å². The summed E-state index contributed by atoms with van der Waals surface area (Å²) in [5, 5.41) is 0. The molecular weight excluding hydrogens is 279 g/mol. The van der Waals surface area contributed by atoms with E-state index in [-0.39, 0.29) is 5.82 Å². The van der Waals surface area contributed by atoms with Crippen LogP contribution in [0.4, 0.5) is 4.39 Å². The fourth-order valence-corrected chi connectivity index (χ4v) is 2.67. The van der Waals surface area contributed by atoms with Gasteiger partial charge in [0.2, 0.25) is 0 Å². The predicted molar refractivity (Wildman–Crippen MR) is 84.9 cm³/mol.